The van der Waals surface area contributed by atoms with Crippen molar-refractivity contribution in [3.63, 3.8) is 0 Å². The van der Waals surface area contributed by atoms with Crippen LogP contribution in [-0.2, 0) is 4.79 Å². The minimum absolute atomic E-state index is 0.233. The molecule has 0 aromatic heterocycles. The van der Waals surface area contributed by atoms with E-state index in [1.54, 1.807) is 0 Å². The third-order valence-corrected chi connectivity index (χ3v) is 4.60. The zero-order valence-electron chi connectivity index (χ0n) is 10.2. The number of carbonyl (C=O) groups is 1. The predicted molar refractivity (Wildman–Crippen MR) is 68.7 cm³/mol. The van der Waals surface area contributed by atoms with Gasteiger partial charge in [-0.05, 0) is 19.4 Å². The molecule has 4 heteroatoms. The van der Waals surface area contributed by atoms with Crippen molar-refractivity contribution in [2.75, 3.05) is 26.2 Å². The molecule has 0 saturated carbocycles. The third-order valence-electron chi connectivity index (χ3n) is 3.38. The van der Waals surface area contributed by atoms with E-state index in [0.29, 0.717) is 16.4 Å². The first-order valence-electron chi connectivity index (χ1n) is 6.32. The smallest absolute Gasteiger partial charge is 0.227 e. The summed E-state index contributed by atoms with van der Waals surface area (Å²) >= 11 is 2.00. The zero-order chi connectivity index (χ0) is 11.5. The number of amides is 1. The molecule has 1 N–H and O–H groups in total. The van der Waals surface area contributed by atoms with Crippen LogP contribution in [-0.4, -0.2) is 47.5 Å². The van der Waals surface area contributed by atoms with Gasteiger partial charge in [0.25, 0.3) is 0 Å². The number of carbonyl (C=O) groups excluding carboxylic acids is 1. The van der Waals surface area contributed by atoms with E-state index in [4.69, 9.17) is 0 Å². The predicted octanol–water partition coefficient (Wildman–Crippen LogP) is 1.34. The number of hydrogen-bond donors (Lipinski definition) is 1. The molecule has 92 valence electrons. The fourth-order valence-electron chi connectivity index (χ4n) is 2.68. The fraction of sp³-hybridized carbons (Fsp3) is 0.917. The first-order chi connectivity index (χ1) is 7.66. The molecule has 1 amide bonds. The average molecular weight is 242 g/mol. The average Bonchev–Trinajstić information content (AvgIpc) is 2.28. The highest BCUT2D eigenvalue weighted by Crippen LogP contribution is 2.26. The van der Waals surface area contributed by atoms with Crippen LogP contribution in [0.3, 0.4) is 0 Å². The van der Waals surface area contributed by atoms with E-state index >= 15 is 0 Å². The third kappa shape index (κ3) is 2.92. The van der Waals surface area contributed by atoms with Crippen LogP contribution in [0.15, 0.2) is 0 Å². The summed E-state index contributed by atoms with van der Waals surface area (Å²) in [6, 6.07) is 0. The van der Waals surface area contributed by atoms with Crippen molar-refractivity contribution in [2.45, 2.75) is 37.2 Å². The fourth-order valence-corrected chi connectivity index (χ4v) is 4.00. The Hall–Kier alpha value is -0.220. The molecule has 0 aliphatic carbocycles. The SMILES string of the molecule is CC1CN(C(=O)[C@@H]2CCCNC2)CC(C)S1. The highest BCUT2D eigenvalue weighted by Gasteiger charge is 2.30. The summed E-state index contributed by atoms with van der Waals surface area (Å²) in [7, 11) is 0. The van der Waals surface area contributed by atoms with Crippen molar-refractivity contribution in [3.05, 3.63) is 0 Å². The number of hydrogen-bond acceptors (Lipinski definition) is 3. The molecule has 0 bridgehead atoms. The first-order valence-corrected chi connectivity index (χ1v) is 7.26. The van der Waals surface area contributed by atoms with Crippen molar-refractivity contribution < 1.29 is 4.79 Å². The highest BCUT2D eigenvalue weighted by atomic mass is 32.2. The minimum Gasteiger partial charge on any atom is -0.340 e. The summed E-state index contributed by atoms with van der Waals surface area (Å²) in [6.45, 7) is 8.27. The van der Waals surface area contributed by atoms with Gasteiger partial charge in [0.2, 0.25) is 5.91 Å². The second-order valence-electron chi connectivity index (χ2n) is 5.04. The molecule has 0 aromatic carbocycles. The van der Waals surface area contributed by atoms with Gasteiger partial charge in [-0.2, -0.15) is 11.8 Å². The molecule has 2 rings (SSSR count). The first kappa shape index (κ1) is 12.2. The molecular weight excluding hydrogens is 220 g/mol. The Morgan fingerprint density at radius 3 is 2.56 bits per heavy atom. The van der Waals surface area contributed by atoms with Crippen molar-refractivity contribution in [2.24, 2.45) is 5.92 Å². The Labute approximate surface area is 102 Å². The maximum Gasteiger partial charge on any atom is 0.227 e. The molecule has 2 aliphatic rings. The van der Waals surface area contributed by atoms with Crippen molar-refractivity contribution in [3.8, 4) is 0 Å². The molecule has 2 aliphatic heterocycles. The Bertz CT molecular complexity index is 243. The molecule has 3 atom stereocenters. The Morgan fingerprint density at radius 2 is 2.00 bits per heavy atom. The summed E-state index contributed by atoms with van der Waals surface area (Å²) in [4.78, 5) is 14.4. The number of rotatable bonds is 1. The van der Waals surface area contributed by atoms with Crippen LogP contribution in [0.5, 0.6) is 0 Å². The molecule has 0 spiro atoms. The van der Waals surface area contributed by atoms with Gasteiger partial charge in [0.1, 0.15) is 0 Å². The lowest BCUT2D eigenvalue weighted by atomic mass is 9.98. The van der Waals surface area contributed by atoms with E-state index in [9.17, 15) is 4.79 Å². The van der Waals surface area contributed by atoms with Crippen molar-refractivity contribution in [1.29, 1.82) is 0 Å². The van der Waals surface area contributed by atoms with Gasteiger partial charge in [-0.25, -0.2) is 0 Å². The molecule has 0 radical (unpaired) electrons. The van der Waals surface area contributed by atoms with E-state index in [1.807, 2.05) is 11.8 Å². The number of piperidine rings is 1. The molecule has 2 heterocycles. The molecule has 3 nitrogen and oxygen atoms in total. The van der Waals surface area contributed by atoms with E-state index in [0.717, 1.165) is 39.0 Å². The quantitative estimate of drug-likeness (QED) is 0.753. The van der Waals surface area contributed by atoms with Gasteiger partial charge in [0, 0.05) is 30.1 Å². The van der Waals surface area contributed by atoms with Crippen LogP contribution < -0.4 is 5.32 Å². The maximum absolute atomic E-state index is 12.3. The molecule has 2 unspecified atom stereocenters. The van der Waals surface area contributed by atoms with Crippen LogP contribution >= 0.6 is 11.8 Å². The van der Waals surface area contributed by atoms with Gasteiger partial charge >= 0.3 is 0 Å². The van der Waals surface area contributed by atoms with Crippen LogP contribution in [0.25, 0.3) is 0 Å². The molecule has 2 fully saturated rings. The van der Waals surface area contributed by atoms with Gasteiger partial charge in [-0.15, -0.1) is 0 Å². The van der Waals surface area contributed by atoms with Gasteiger partial charge in [-0.1, -0.05) is 13.8 Å². The maximum atomic E-state index is 12.3. The van der Waals surface area contributed by atoms with Crippen molar-refractivity contribution >= 4 is 17.7 Å². The van der Waals surface area contributed by atoms with Crippen LogP contribution in [0.1, 0.15) is 26.7 Å². The summed E-state index contributed by atoms with van der Waals surface area (Å²) in [5.41, 5.74) is 0. The summed E-state index contributed by atoms with van der Waals surface area (Å²) in [6.07, 6.45) is 2.21. The second kappa shape index (κ2) is 5.41. The van der Waals surface area contributed by atoms with Crippen LogP contribution in [0, 0.1) is 5.92 Å². The molecule has 2 saturated heterocycles. The standard InChI is InChI=1S/C12H22N2OS/c1-9-7-14(8-10(2)16-9)12(15)11-4-3-5-13-6-11/h9-11,13H,3-8H2,1-2H3/t9?,10?,11-/m1/s1. The lowest BCUT2D eigenvalue weighted by Gasteiger charge is -2.37. The van der Waals surface area contributed by atoms with E-state index < -0.39 is 0 Å². The monoisotopic (exact) mass is 242 g/mol. The van der Waals surface area contributed by atoms with Crippen molar-refractivity contribution in [1.82, 2.24) is 10.2 Å². The van der Waals surface area contributed by atoms with Gasteiger partial charge in [0.15, 0.2) is 0 Å². The Balaban J connectivity index is 1.92. The normalized spacial score (nSPS) is 36.1. The van der Waals surface area contributed by atoms with E-state index in [-0.39, 0.29) is 5.92 Å². The molecular formula is C12H22N2OS. The van der Waals surface area contributed by atoms with E-state index in [1.165, 1.54) is 0 Å². The zero-order valence-corrected chi connectivity index (χ0v) is 11.1. The Kier molecular flexibility index (Phi) is 4.14. The second-order valence-corrected chi connectivity index (χ2v) is 6.93. The summed E-state index contributed by atoms with van der Waals surface area (Å²) < 4.78 is 0. The summed E-state index contributed by atoms with van der Waals surface area (Å²) in [5.74, 6) is 0.613. The number of nitrogens with one attached hydrogen (secondary N) is 1. The molecule has 0 aromatic rings. The van der Waals surface area contributed by atoms with Crippen LogP contribution in [0.2, 0.25) is 0 Å². The van der Waals surface area contributed by atoms with Crippen LogP contribution in [0.4, 0.5) is 0 Å². The van der Waals surface area contributed by atoms with E-state index in [2.05, 4.69) is 24.1 Å². The lowest BCUT2D eigenvalue weighted by molar-refractivity contribution is -0.136. The van der Waals surface area contributed by atoms with Gasteiger partial charge < -0.3 is 10.2 Å². The molecule has 16 heavy (non-hydrogen) atoms. The summed E-state index contributed by atoms with van der Waals surface area (Å²) in [5, 5.41) is 4.50. The topological polar surface area (TPSA) is 32.3 Å². The highest BCUT2D eigenvalue weighted by molar-refractivity contribution is 8.00. The Morgan fingerprint density at radius 1 is 1.31 bits per heavy atom. The number of nitrogens with zero attached hydrogens (tertiary/aromatic N) is 1. The minimum atomic E-state index is 0.233. The van der Waals surface area contributed by atoms with Gasteiger partial charge in [0.05, 0.1) is 5.92 Å². The van der Waals surface area contributed by atoms with Gasteiger partial charge in [-0.3, -0.25) is 4.79 Å². The largest absolute Gasteiger partial charge is 0.340 e. The lowest BCUT2D eigenvalue weighted by Crippen LogP contribution is -2.49. The number of thioether (sulfide) groups is 1.